The number of hydrogen-bond donors (Lipinski definition) is 0. The van der Waals surface area contributed by atoms with Crippen molar-refractivity contribution in [2.24, 2.45) is 0 Å². The summed E-state index contributed by atoms with van der Waals surface area (Å²) in [5.74, 6) is -0.693. The molecule has 2 rings (SSSR count). The third-order valence-corrected chi connectivity index (χ3v) is 4.19. The average Bonchev–Trinajstić information content (AvgIpc) is 2.55. The molecule has 5 nitrogen and oxygen atoms in total. The minimum atomic E-state index is -0.558. The summed E-state index contributed by atoms with van der Waals surface area (Å²) in [5.41, 5.74) is 0.290. The normalized spacial score (nSPS) is 15.4. The highest BCUT2D eigenvalue weighted by molar-refractivity contribution is 6.29. The molecule has 0 aliphatic heterocycles. The summed E-state index contributed by atoms with van der Waals surface area (Å²) in [6.45, 7) is 2.37. The van der Waals surface area contributed by atoms with Crippen LogP contribution >= 0.6 is 11.6 Å². The predicted octanol–water partition coefficient (Wildman–Crippen LogP) is 3.07. The van der Waals surface area contributed by atoms with Crippen LogP contribution in [-0.4, -0.2) is 41.0 Å². The van der Waals surface area contributed by atoms with Crippen LogP contribution in [0, 0.1) is 0 Å². The van der Waals surface area contributed by atoms with Gasteiger partial charge >= 0.3 is 5.97 Å². The van der Waals surface area contributed by atoms with E-state index in [1.165, 1.54) is 24.8 Å². The lowest BCUT2D eigenvalue weighted by Crippen LogP contribution is -2.43. The zero-order valence-corrected chi connectivity index (χ0v) is 13.5. The zero-order valence-electron chi connectivity index (χ0n) is 12.8. The molecule has 0 aromatic carbocycles. The number of hydrogen-bond acceptors (Lipinski definition) is 4. The quantitative estimate of drug-likeness (QED) is 0.617. The van der Waals surface area contributed by atoms with Gasteiger partial charge in [-0.15, -0.1) is 0 Å². The number of carbonyl (C=O) groups excluding carboxylic acids is 2. The van der Waals surface area contributed by atoms with Gasteiger partial charge in [0.25, 0.3) is 5.91 Å². The van der Waals surface area contributed by atoms with Crippen molar-refractivity contribution in [2.75, 3.05) is 13.2 Å². The Balaban J connectivity index is 1.87. The third kappa shape index (κ3) is 4.44. The number of carbonyl (C=O) groups is 2. The smallest absolute Gasteiger partial charge is 0.340 e. The Morgan fingerprint density at radius 1 is 1.32 bits per heavy atom. The number of rotatable bonds is 5. The van der Waals surface area contributed by atoms with Crippen molar-refractivity contribution in [1.82, 2.24) is 9.88 Å². The van der Waals surface area contributed by atoms with Gasteiger partial charge in [-0.05, 0) is 31.9 Å². The van der Waals surface area contributed by atoms with E-state index >= 15 is 0 Å². The van der Waals surface area contributed by atoms with Gasteiger partial charge in [-0.25, -0.2) is 9.78 Å². The first-order chi connectivity index (χ1) is 10.6. The number of likely N-dealkylation sites (N-methyl/N-ethyl adjacent to an activating group) is 1. The van der Waals surface area contributed by atoms with Gasteiger partial charge in [0.2, 0.25) is 0 Å². The first-order valence-electron chi connectivity index (χ1n) is 7.70. The number of amides is 1. The molecule has 1 heterocycles. The Labute approximate surface area is 135 Å². The second-order valence-corrected chi connectivity index (χ2v) is 5.80. The molecule has 6 heteroatoms. The summed E-state index contributed by atoms with van der Waals surface area (Å²) < 4.78 is 5.09. The number of nitrogens with zero attached hydrogens (tertiary/aromatic N) is 2. The summed E-state index contributed by atoms with van der Waals surface area (Å²) in [4.78, 5) is 29.8. The standard InChI is InChI=1S/C16H21ClN2O3/c1-2-19(13-6-4-3-5-7-13)15(20)11-22-16(21)12-8-9-14(17)18-10-12/h8-10,13H,2-7,11H2,1H3. The third-order valence-electron chi connectivity index (χ3n) is 3.97. The molecule has 1 saturated carbocycles. The number of ether oxygens (including phenoxy) is 1. The molecule has 1 fully saturated rings. The Kier molecular flexibility index (Phi) is 6.19. The van der Waals surface area contributed by atoms with Gasteiger partial charge in [0.1, 0.15) is 5.15 Å². The molecular weight excluding hydrogens is 304 g/mol. The molecule has 0 N–H and O–H groups in total. The molecule has 1 aromatic rings. The largest absolute Gasteiger partial charge is 0.452 e. The fraction of sp³-hybridized carbons (Fsp3) is 0.562. The van der Waals surface area contributed by atoms with Crippen LogP contribution in [0.5, 0.6) is 0 Å². The summed E-state index contributed by atoms with van der Waals surface area (Å²) in [6.07, 6.45) is 6.97. The maximum Gasteiger partial charge on any atom is 0.340 e. The van der Waals surface area contributed by atoms with Crippen molar-refractivity contribution >= 4 is 23.5 Å². The molecule has 0 spiro atoms. The molecule has 1 aromatic heterocycles. The lowest BCUT2D eigenvalue weighted by Gasteiger charge is -2.33. The highest BCUT2D eigenvalue weighted by atomic mass is 35.5. The molecule has 0 bridgehead atoms. The highest BCUT2D eigenvalue weighted by Crippen LogP contribution is 2.22. The van der Waals surface area contributed by atoms with Crippen molar-refractivity contribution < 1.29 is 14.3 Å². The molecule has 0 atom stereocenters. The second-order valence-electron chi connectivity index (χ2n) is 5.42. The van der Waals surface area contributed by atoms with Crippen LogP contribution in [-0.2, 0) is 9.53 Å². The molecule has 120 valence electrons. The summed E-state index contributed by atoms with van der Waals surface area (Å²) in [6, 6.07) is 3.32. The van der Waals surface area contributed by atoms with E-state index in [9.17, 15) is 9.59 Å². The lowest BCUT2D eigenvalue weighted by atomic mass is 9.94. The van der Waals surface area contributed by atoms with Crippen molar-refractivity contribution in [3.63, 3.8) is 0 Å². The Bertz CT molecular complexity index is 513. The average molecular weight is 325 g/mol. The van der Waals surface area contributed by atoms with Crippen LogP contribution < -0.4 is 0 Å². The van der Waals surface area contributed by atoms with Crippen LogP contribution in [0.25, 0.3) is 0 Å². The maximum absolute atomic E-state index is 12.3. The van der Waals surface area contributed by atoms with E-state index in [2.05, 4.69) is 4.98 Å². The summed E-state index contributed by atoms with van der Waals surface area (Å²) in [7, 11) is 0. The van der Waals surface area contributed by atoms with Crippen molar-refractivity contribution in [1.29, 1.82) is 0 Å². The van der Waals surface area contributed by atoms with E-state index < -0.39 is 5.97 Å². The zero-order chi connectivity index (χ0) is 15.9. The van der Waals surface area contributed by atoms with Gasteiger partial charge in [-0.3, -0.25) is 4.79 Å². The highest BCUT2D eigenvalue weighted by Gasteiger charge is 2.24. The molecule has 0 saturated heterocycles. The van der Waals surface area contributed by atoms with Gasteiger partial charge in [0.05, 0.1) is 5.56 Å². The topological polar surface area (TPSA) is 59.5 Å². The van der Waals surface area contributed by atoms with Gasteiger partial charge < -0.3 is 9.64 Å². The molecule has 0 unspecified atom stereocenters. The number of aromatic nitrogens is 1. The van der Waals surface area contributed by atoms with Crippen molar-refractivity contribution in [3.8, 4) is 0 Å². The Morgan fingerprint density at radius 2 is 2.05 bits per heavy atom. The van der Waals surface area contributed by atoms with E-state index in [0.717, 1.165) is 25.7 Å². The van der Waals surface area contributed by atoms with E-state index in [-0.39, 0.29) is 24.1 Å². The van der Waals surface area contributed by atoms with Gasteiger partial charge in [-0.1, -0.05) is 30.9 Å². The van der Waals surface area contributed by atoms with Crippen LogP contribution in [0.4, 0.5) is 0 Å². The van der Waals surface area contributed by atoms with Crippen LogP contribution in [0.1, 0.15) is 49.4 Å². The van der Waals surface area contributed by atoms with E-state index in [0.29, 0.717) is 11.7 Å². The van der Waals surface area contributed by atoms with Crippen LogP contribution in [0.3, 0.4) is 0 Å². The molecule has 22 heavy (non-hydrogen) atoms. The first-order valence-corrected chi connectivity index (χ1v) is 8.07. The van der Waals surface area contributed by atoms with Crippen molar-refractivity contribution in [2.45, 2.75) is 45.1 Å². The van der Waals surface area contributed by atoms with E-state index in [1.54, 1.807) is 0 Å². The number of esters is 1. The molecular formula is C16H21ClN2O3. The fourth-order valence-electron chi connectivity index (χ4n) is 2.82. The number of pyridine rings is 1. The van der Waals surface area contributed by atoms with Crippen molar-refractivity contribution in [3.05, 3.63) is 29.0 Å². The molecule has 1 aliphatic carbocycles. The second kappa shape index (κ2) is 8.13. The van der Waals surface area contributed by atoms with Crippen LogP contribution in [0.2, 0.25) is 5.15 Å². The SMILES string of the molecule is CCN(C(=O)COC(=O)c1ccc(Cl)nc1)C1CCCCC1. The lowest BCUT2D eigenvalue weighted by molar-refractivity contribution is -0.137. The minimum Gasteiger partial charge on any atom is -0.452 e. The monoisotopic (exact) mass is 324 g/mol. The maximum atomic E-state index is 12.3. The van der Waals surface area contributed by atoms with E-state index in [1.807, 2.05) is 11.8 Å². The molecule has 1 amide bonds. The van der Waals surface area contributed by atoms with Gasteiger partial charge in [0.15, 0.2) is 6.61 Å². The number of halogens is 1. The summed E-state index contributed by atoms with van der Waals surface area (Å²) in [5, 5.41) is 0.307. The summed E-state index contributed by atoms with van der Waals surface area (Å²) >= 11 is 5.67. The fourth-order valence-corrected chi connectivity index (χ4v) is 2.93. The van der Waals surface area contributed by atoms with E-state index in [4.69, 9.17) is 16.3 Å². The Hall–Kier alpha value is -1.62. The van der Waals surface area contributed by atoms with Crippen LogP contribution in [0.15, 0.2) is 18.3 Å². The molecule has 0 radical (unpaired) electrons. The van der Waals surface area contributed by atoms with Gasteiger partial charge in [0, 0.05) is 18.8 Å². The first kappa shape index (κ1) is 16.7. The van der Waals surface area contributed by atoms with Gasteiger partial charge in [-0.2, -0.15) is 0 Å². The minimum absolute atomic E-state index is 0.135. The molecule has 1 aliphatic rings. The Morgan fingerprint density at radius 3 is 2.64 bits per heavy atom. The predicted molar refractivity (Wildman–Crippen MR) is 83.8 cm³/mol.